The molecular formula is C12H14FNO. The first-order valence-electron chi connectivity index (χ1n) is 4.82. The van der Waals surface area contributed by atoms with Crippen LogP contribution in [0.5, 0.6) is 0 Å². The van der Waals surface area contributed by atoms with E-state index >= 15 is 0 Å². The summed E-state index contributed by atoms with van der Waals surface area (Å²) in [5.74, 6) is -0.476. The lowest BCUT2D eigenvalue weighted by molar-refractivity contribution is -0.116. The molecule has 1 aromatic rings. The van der Waals surface area contributed by atoms with Crippen molar-refractivity contribution in [3.8, 4) is 0 Å². The van der Waals surface area contributed by atoms with E-state index in [2.05, 4.69) is 5.32 Å². The quantitative estimate of drug-likeness (QED) is 0.757. The van der Waals surface area contributed by atoms with Crippen molar-refractivity contribution in [2.24, 2.45) is 0 Å². The van der Waals surface area contributed by atoms with Crippen molar-refractivity contribution < 1.29 is 9.18 Å². The van der Waals surface area contributed by atoms with Gasteiger partial charge in [-0.05, 0) is 37.6 Å². The summed E-state index contributed by atoms with van der Waals surface area (Å²) in [5.41, 5.74) is 0.675. The molecule has 2 nitrogen and oxygen atoms in total. The second-order valence-corrected chi connectivity index (χ2v) is 3.55. The fourth-order valence-corrected chi connectivity index (χ4v) is 1.11. The topological polar surface area (TPSA) is 29.1 Å². The molecule has 15 heavy (non-hydrogen) atoms. The molecule has 80 valence electrons. The van der Waals surface area contributed by atoms with E-state index in [0.29, 0.717) is 5.56 Å². The lowest BCUT2D eigenvalue weighted by Gasteiger charge is -2.03. The van der Waals surface area contributed by atoms with E-state index in [4.69, 9.17) is 0 Å². The van der Waals surface area contributed by atoms with E-state index in [9.17, 15) is 9.18 Å². The van der Waals surface area contributed by atoms with Crippen LogP contribution in [0.15, 0.2) is 30.3 Å². The number of hydrogen-bond acceptors (Lipinski definition) is 1. The summed E-state index contributed by atoms with van der Waals surface area (Å²) in [6, 6.07) is 6.19. The standard InChI is InChI=1S/C12H14FNO/c1-9(2)14-12(15)7-6-10-4-3-5-11(13)8-10/h3-9H,1-2H3,(H,14,15). The summed E-state index contributed by atoms with van der Waals surface area (Å²) in [7, 11) is 0. The molecule has 0 saturated heterocycles. The number of carbonyl (C=O) groups excluding carboxylic acids is 1. The molecule has 0 fully saturated rings. The number of amides is 1. The Hall–Kier alpha value is -1.64. The van der Waals surface area contributed by atoms with Crippen molar-refractivity contribution >= 4 is 12.0 Å². The first-order valence-corrected chi connectivity index (χ1v) is 4.82. The van der Waals surface area contributed by atoms with Crippen molar-refractivity contribution in [3.05, 3.63) is 41.7 Å². The van der Waals surface area contributed by atoms with Gasteiger partial charge in [-0.25, -0.2) is 4.39 Å². The van der Waals surface area contributed by atoms with Crippen molar-refractivity contribution in [1.29, 1.82) is 0 Å². The molecule has 0 saturated carbocycles. The molecule has 0 atom stereocenters. The van der Waals surface area contributed by atoms with Crippen LogP contribution < -0.4 is 5.32 Å². The van der Waals surface area contributed by atoms with E-state index in [1.54, 1.807) is 18.2 Å². The molecule has 0 radical (unpaired) electrons. The van der Waals surface area contributed by atoms with Crippen LogP contribution in [0.25, 0.3) is 6.08 Å². The van der Waals surface area contributed by atoms with Gasteiger partial charge in [0.15, 0.2) is 0 Å². The molecule has 0 aliphatic rings. The molecule has 0 aliphatic carbocycles. The van der Waals surface area contributed by atoms with E-state index < -0.39 is 0 Å². The number of hydrogen-bond donors (Lipinski definition) is 1. The van der Waals surface area contributed by atoms with Crippen molar-refractivity contribution in [2.75, 3.05) is 0 Å². The predicted molar refractivity (Wildman–Crippen MR) is 58.7 cm³/mol. The van der Waals surface area contributed by atoms with Crippen LogP contribution in [0.1, 0.15) is 19.4 Å². The fourth-order valence-electron chi connectivity index (χ4n) is 1.11. The van der Waals surface area contributed by atoms with Gasteiger partial charge in [0.05, 0.1) is 0 Å². The van der Waals surface area contributed by atoms with Crippen molar-refractivity contribution in [2.45, 2.75) is 19.9 Å². The minimum atomic E-state index is -0.304. The van der Waals surface area contributed by atoms with Gasteiger partial charge in [-0.15, -0.1) is 0 Å². The first-order chi connectivity index (χ1) is 7.08. The van der Waals surface area contributed by atoms with Crippen LogP contribution in [0.3, 0.4) is 0 Å². The normalized spacial score (nSPS) is 10.9. The third-order valence-corrected chi connectivity index (χ3v) is 1.71. The molecule has 0 heterocycles. The Morgan fingerprint density at radius 3 is 2.80 bits per heavy atom. The maximum atomic E-state index is 12.8. The molecule has 0 aromatic heterocycles. The molecule has 1 aromatic carbocycles. The Balaban J connectivity index is 2.61. The van der Waals surface area contributed by atoms with Crippen LogP contribution in [0, 0.1) is 5.82 Å². The summed E-state index contributed by atoms with van der Waals surface area (Å²) in [6.45, 7) is 3.77. The minimum Gasteiger partial charge on any atom is -0.350 e. The number of benzene rings is 1. The molecule has 1 N–H and O–H groups in total. The Kier molecular flexibility index (Phi) is 4.03. The summed E-state index contributed by atoms with van der Waals surface area (Å²) in [5, 5.41) is 2.71. The monoisotopic (exact) mass is 207 g/mol. The zero-order valence-electron chi connectivity index (χ0n) is 8.83. The maximum Gasteiger partial charge on any atom is 0.244 e. The first kappa shape index (κ1) is 11.4. The Morgan fingerprint density at radius 1 is 1.47 bits per heavy atom. The number of nitrogens with one attached hydrogen (secondary N) is 1. The highest BCUT2D eigenvalue weighted by Crippen LogP contribution is 2.04. The van der Waals surface area contributed by atoms with Gasteiger partial charge in [0.25, 0.3) is 0 Å². The predicted octanol–water partition coefficient (Wildman–Crippen LogP) is 2.36. The number of carbonyl (C=O) groups is 1. The lowest BCUT2D eigenvalue weighted by atomic mass is 10.2. The smallest absolute Gasteiger partial charge is 0.244 e. The maximum absolute atomic E-state index is 12.8. The minimum absolute atomic E-state index is 0.106. The van der Waals surface area contributed by atoms with Crippen LogP contribution in [-0.4, -0.2) is 11.9 Å². The molecule has 1 rings (SSSR count). The van der Waals surface area contributed by atoms with E-state index in [1.165, 1.54) is 18.2 Å². The van der Waals surface area contributed by atoms with Gasteiger partial charge in [0, 0.05) is 12.1 Å². The molecule has 3 heteroatoms. The van der Waals surface area contributed by atoms with Gasteiger partial charge in [-0.2, -0.15) is 0 Å². The van der Waals surface area contributed by atoms with Gasteiger partial charge in [-0.1, -0.05) is 12.1 Å². The highest BCUT2D eigenvalue weighted by molar-refractivity contribution is 5.91. The van der Waals surface area contributed by atoms with Crippen LogP contribution in [0.4, 0.5) is 4.39 Å². The summed E-state index contributed by atoms with van der Waals surface area (Å²) >= 11 is 0. The number of halogens is 1. The fraction of sp³-hybridized carbons (Fsp3) is 0.250. The van der Waals surface area contributed by atoms with Crippen LogP contribution in [-0.2, 0) is 4.79 Å². The highest BCUT2D eigenvalue weighted by Gasteiger charge is 1.97. The molecule has 0 aliphatic heterocycles. The van der Waals surface area contributed by atoms with Gasteiger partial charge in [0.2, 0.25) is 5.91 Å². The van der Waals surface area contributed by atoms with E-state index in [-0.39, 0.29) is 17.8 Å². The van der Waals surface area contributed by atoms with E-state index in [1.807, 2.05) is 13.8 Å². The van der Waals surface area contributed by atoms with Gasteiger partial charge in [-0.3, -0.25) is 4.79 Å². The molecule has 0 spiro atoms. The third-order valence-electron chi connectivity index (χ3n) is 1.71. The lowest BCUT2D eigenvalue weighted by Crippen LogP contribution is -2.28. The van der Waals surface area contributed by atoms with Gasteiger partial charge < -0.3 is 5.32 Å². The van der Waals surface area contributed by atoms with Crippen LogP contribution >= 0.6 is 0 Å². The SMILES string of the molecule is CC(C)NC(=O)C=Cc1cccc(F)c1. The molecular weight excluding hydrogens is 193 g/mol. The molecule has 0 bridgehead atoms. The van der Waals surface area contributed by atoms with Crippen molar-refractivity contribution in [3.63, 3.8) is 0 Å². The Labute approximate surface area is 88.8 Å². The molecule has 1 amide bonds. The molecule has 0 unspecified atom stereocenters. The van der Waals surface area contributed by atoms with Gasteiger partial charge >= 0.3 is 0 Å². The van der Waals surface area contributed by atoms with Crippen molar-refractivity contribution in [1.82, 2.24) is 5.32 Å². The summed E-state index contributed by atoms with van der Waals surface area (Å²) < 4.78 is 12.8. The zero-order chi connectivity index (χ0) is 11.3. The second kappa shape index (κ2) is 5.29. The second-order valence-electron chi connectivity index (χ2n) is 3.55. The highest BCUT2D eigenvalue weighted by atomic mass is 19.1. The average Bonchev–Trinajstić information content (AvgIpc) is 2.14. The largest absolute Gasteiger partial charge is 0.350 e. The van der Waals surface area contributed by atoms with E-state index in [0.717, 1.165) is 0 Å². The third kappa shape index (κ3) is 4.40. The van der Waals surface area contributed by atoms with Crippen LogP contribution in [0.2, 0.25) is 0 Å². The van der Waals surface area contributed by atoms with Gasteiger partial charge in [0.1, 0.15) is 5.82 Å². The summed E-state index contributed by atoms with van der Waals surface area (Å²) in [6.07, 6.45) is 2.98. The average molecular weight is 207 g/mol. The number of rotatable bonds is 3. The Bertz CT molecular complexity index is 372. The Morgan fingerprint density at radius 2 is 2.20 bits per heavy atom. The summed E-state index contributed by atoms with van der Waals surface area (Å²) in [4.78, 5) is 11.2. The zero-order valence-corrected chi connectivity index (χ0v) is 8.83.